The van der Waals surface area contributed by atoms with E-state index in [1.807, 2.05) is 24.3 Å². The molecule has 1 aromatic rings. The average Bonchev–Trinajstić information content (AvgIpc) is 2.51. The lowest BCUT2D eigenvalue weighted by Crippen LogP contribution is -2.42. The summed E-state index contributed by atoms with van der Waals surface area (Å²) in [7, 11) is 0. The number of nitrogens with one attached hydrogen (secondary N) is 1. The molecule has 0 saturated carbocycles. The van der Waals surface area contributed by atoms with Gasteiger partial charge in [-0.05, 0) is 58.4 Å². The summed E-state index contributed by atoms with van der Waals surface area (Å²) in [4.78, 5) is 14.5. The highest BCUT2D eigenvalue weighted by molar-refractivity contribution is 5.94. The SMILES string of the molecule is CCCCOc1ccc(C(=O)NCCN(C(C)C)C(C)C)cc1. The molecule has 130 valence electrons. The summed E-state index contributed by atoms with van der Waals surface area (Å²) in [6.45, 7) is 13.1. The highest BCUT2D eigenvalue weighted by atomic mass is 16.5. The Hall–Kier alpha value is -1.55. The second-order valence-electron chi connectivity index (χ2n) is 6.41. The molecule has 0 bridgehead atoms. The van der Waals surface area contributed by atoms with Gasteiger partial charge in [0.2, 0.25) is 0 Å². The smallest absolute Gasteiger partial charge is 0.251 e. The Morgan fingerprint density at radius 2 is 1.74 bits per heavy atom. The van der Waals surface area contributed by atoms with Crippen LogP contribution < -0.4 is 10.1 Å². The van der Waals surface area contributed by atoms with Crippen molar-refractivity contribution in [1.82, 2.24) is 10.2 Å². The molecule has 4 heteroatoms. The van der Waals surface area contributed by atoms with E-state index in [1.54, 1.807) is 0 Å². The normalized spacial score (nSPS) is 11.3. The first-order valence-corrected chi connectivity index (χ1v) is 8.72. The zero-order chi connectivity index (χ0) is 17.2. The molecule has 0 heterocycles. The first-order valence-electron chi connectivity index (χ1n) is 8.72. The molecule has 23 heavy (non-hydrogen) atoms. The maximum Gasteiger partial charge on any atom is 0.251 e. The highest BCUT2D eigenvalue weighted by Crippen LogP contribution is 2.12. The van der Waals surface area contributed by atoms with E-state index in [1.165, 1.54) is 0 Å². The number of amides is 1. The van der Waals surface area contributed by atoms with Crippen LogP contribution in [0.1, 0.15) is 57.8 Å². The van der Waals surface area contributed by atoms with E-state index >= 15 is 0 Å². The molecule has 4 nitrogen and oxygen atoms in total. The lowest BCUT2D eigenvalue weighted by Gasteiger charge is -2.30. The molecular formula is C19H32N2O2. The van der Waals surface area contributed by atoms with Crippen molar-refractivity contribution in [3.05, 3.63) is 29.8 Å². The predicted octanol–water partition coefficient (Wildman–Crippen LogP) is 3.71. The quantitative estimate of drug-likeness (QED) is 0.668. The minimum Gasteiger partial charge on any atom is -0.494 e. The molecule has 0 saturated heterocycles. The first kappa shape index (κ1) is 19.5. The van der Waals surface area contributed by atoms with Crippen LogP contribution in [-0.2, 0) is 0 Å². The molecular weight excluding hydrogens is 288 g/mol. The van der Waals surface area contributed by atoms with Crippen LogP contribution in [0.15, 0.2) is 24.3 Å². The van der Waals surface area contributed by atoms with E-state index in [0.717, 1.165) is 31.7 Å². The fraction of sp³-hybridized carbons (Fsp3) is 0.632. The third kappa shape index (κ3) is 7.04. The molecule has 0 atom stereocenters. The van der Waals surface area contributed by atoms with E-state index in [-0.39, 0.29) is 5.91 Å². The van der Waals surface area contributed by atoms with Crippen LogP contribution in [0.5, 0.6) is 5.75 Å². The minimum atomic E-state index is -0.0300. The van der Waals surface area contributed by atoms with Crippen molar-refractivity contribution in [2.24, 2.45) is 0 Å². The molecule has 0 unspecified atom stereocenters. The van der Waals surface area contributed by atoms with Gasteiger partial charge >= 0.3 is 0 Å². The summed E-state index contributed by atoms with van der Waals surface area (Å²) in [6.07, 6.45) is 2.16. The van der Waals surface area contributed by atoms with Gasteiger partial charge in [-0.3, -0.25) is 9.69 Å². The van der Waals surface area contributed by atoms with Gasteiger partial charge in [0.25, 0.3) is 5.91 Å². The van der Waals surface area contributed by atoms with Gasteiger partial charge in [-0.1, -0.05) is 13.3 Å². The topological polar surface area (TPSA) is 41.6 Å². The Bertz CT molecular complexity index is 447. The van der Waals surface area contributed by atoms with E-state index in [4.69, 9.17) is 4.74 Å². The second kappa shape index (κ2) is 10.3. The lowest BCUT2D eigenvalue weighted by molar-refractivity contribution is 0.0939. The Morgan fingerprint density at radius 1 is 1.13 bits per heavy atom. The molecule has 0 aliphatic heterocycles. The zero-order valence-electron chi connectivity index (χ0n) is 15.3. The Kier molecular flexibility index (Phi) is 8.70. The van der Waals surface area contributed by atoms with Crippen molar-refractivity contribution in [1.29, 1.82) is 0 Å². The van der Waals surface area contributed by atoms with Gasteiger partial charge in [0, 0.05) is 30.7 Å². The molecule has 0 radical (unpaired) electrons. The third-order valence-electron chi connectivity index (χ3n) is 3.87. The van der Waals surface area contributed by atoms with Gasteiger partial charge in [0.05, 0.1) is 6.61 Å². The largest absolute Gasteiger partial charge is 0.494 e. The van der Waals surface area contributed by atoms with Gasteiger partial charge in [-0.2, -0.15) is 0 Å². The monoisotopic (exact) mass is 320 g/mol. The Labute approximate surface area is 141 Å². The van der Waals surface area contributed by atoms with E-state index in [2.05, 4.69) is 44.8 Å². The standard InChI is InChI=1S/C19H32N2O2/c1-6-7-14-23-18-10-8-17(9-11-18)19(22)20-12-13-21(15(2)3)16(4)5/h8-11,15-16H,6-7,12-14H2,1-5H3,(H,20,22). The maximum atomic E-state index is 12.2. The van der Waals surface area contributed by atoms with Crippen LogP contribution in [-0.4, -0.2) is 42.6 Å². The molecule has 0 aliphatic carbocycles. The summed E-state index contributed by atoms with van der Waals surface area (Å²) >= 11 is 0. The van der Waals surface area contributed by atoms with Gasteiger partial charge in [0.1, 0.15) is 5.75 Å². The molecule has 0 aliphatic rings. The van der Waals surface area contributed by atoms with Crippen molar-refractivity contribution in [2.45, 2.75) is 59.5 Å². The summed E-state index contributed by atoms with van der Waals surface area (Å²) < 4.78 is 5.61. The van der Waals surface area contributed by atoms with Crippen LogP contribution >= 0.6 is 0 Å². The predicted molar refractivity (Wildman–Crippen MR) is 96.2 cm³/mol. The van der Waals surface area contributed by atoms with Gasteiger partial charge in [-0.25, -0.2) is 0 Å². The van der Waals surface area contributed by atoms with Crippen molar-refractivity contribution >= 4 is 5.91 Å². The number of carbonyl (C=O) groups excluding carboxylic acids is 1. The molecule has 0 fully saturated rings. The van der Waals surface area contributed by atoms with E-state index in [0.29, 0.717) is 24.2 Å². The molecule has 1 amide bonds. The number of unbranched alkanes of at least 4 members (excludes halogenated alkanes) is 1. The van der Waals surface area contributed by atoms with Crippen molar-refractivity contribution in [3.8, 4) is 5.75 Å². The lowest BCUT2D eigenvalue weighted by atomic mass is 10.2. The number of hydrogen-bond acceptors (Lipinski definition) is 3. The number of hydrogen-bond donors (Lipinski definition) is 1. The first-order chi connectivity index (χ1) is 11.0. The molecule has 1 rings (SSSR count). The highest BCUT2D eigenvalue weighted by Gasteiger charge is 2.13. The average molecular weight is 320 g/mol. The zero-order valence-corrected chi connectivity index (χ0v) is 15.3. The summed E-state index contributed by atoms with van der Waals surface area (Å²) in [5, 5.41) is 2.99. The minimum absolute atomic E-state index is 0.0300. The summed E-state index contributed by atoms with van der Waals surface area (Å²) in [5.41, 5.74) is 0.675. The van der Waals surface area contributed by atoms with Crippen LogP contribution in [0.3, 0.4) is 0 Å². The van der Waals surface area contributed by atoms with Crippen molar-refractivity contribution < 1.29 is 9.53 Å². The summed E-state index contributed by atoms with van der Waals surface area (Å²) in [5.74, 6) is 0.790. The number of benzene rings is 1. The summed E-state index contributed by atoms with van der Waals surface area (Å²) in [6, 6.07) is 8.31. The van der Waals surface area contributed by atoms with E-state index in [9.17, 15) is 4.79 Å². The number of rotatable bonds is 10. The molecule has 1 aromatic carbocycles. The van der Waals surface area contributed by atoms with Crippen molar-refractivity contribution in [3.63, 3.8) is 0 Å². The Morgan fingerprint density at radius 3 is 2.26 bits per heavy atom. The fourth-order valence-electron chi connectivity index (χ4n) is 2.55. The fourth-order valence-corrected chi connectivity index (χ4v) is 2.55. The van der Waals surface area contributed by atoms with Gasteiger partial charge in [0.15, 0.2) is 0 Å². The van der Waals surface area contributed by atoms with E-state index < -0.39 is 0 Å². The number of nitrogens with zero attached hydrogens (tertiary/aromatic N) is 1. The van der Waals surface area contributed by atoms with Gasteiger partial charge in [-0.15, -0.1) is 0 Å². The van der Waals surface area contributed by atoms with Crippen LogP contribution in [0.25, 0.3) is 0 Å². The van der Waals surface area contributed by atoms with Crippen LogP contribution in [0, 0.1) is 0 Å². The van der Waals surface area contributed by atoms with Gasteiger partial charge < -0.3 is 10.1 Å². The maximum absolute atomic E-state index is 12.2. The van der Waals surface area contributed by atoms with Crippen LogP contribution in [0.2, 0.25) is 0 Å². The second-order valence-corrected chi connectivity index (χ2v) is 6.41. The van der Waals surface area contributed by atoms with Crippen molar-refractivity contribution in [2.75, 3.05) is 19.7 Å². The number of ether oxygens (including phenoxy) is 1. The van der Waals surface area contributed by atoms with Crippen LogP contribution in [0.4, 0.5) is 0 Å². The molecule has 1 N–H and O–H groups in total. The molecule has 0 aromatic heterocycles. The third-order valence-corrected chi connectivity index (χ3v) is 3.87. The molecule has 0 spiro atoms. The Balaban J connectivity index is 2.42. The number of carbonyl (C=O) groups is 1.